The van der Waals surface area contributed by atoms with Gasteiger partial charge in [-0.25, -0.2) is 0 Å². The molecule has 0 aliphatic rings. The largest absolute Gasteiger partial charge is 0.310 e. The summed E-state index contributed by atoms with van der Waals surface area (Å²) in [7, 11) is 0. The van der Waals surface area contributed by atoms with Crippen molar-refractivity contribution < 1.29 is 0 Å². The van der Waals surface area contributed by atoms with Gasteiger partial charge in [0.25, 0.3) is 0 Å². The molecule has 1 aromatic heterocycles. The molecule has 11 rings (SSSR count). The summed E-state index contributed by atoms with van der Waals surface area (Å²) in [5, 5.41) is 7.54. The molecule has 10 aromatic carbocycles. The summed E-state index contributed by atoms with van der Waals surface area (Å²) in [5.74, 6) is 0. The summed E-state index contributed by atoms with van der Waals surface area (Å²) in [5.41, 5.74) is 14.1. The molecule has 0 amide bonds. The fourth-order valence-corrected chi connectivity index (χ4v) is 8.81. The first-order valence-corrected chi connectivity index (χ1v) is 19.9. The van der Waals surface area contributed by atoms with E-state index in [1.807, 2.05) is 0 Å². The molecule has 0 aliphatic heterocycles. The van der Waals surface area contributed by atoms with Gasteiger partial charge in [0.1, 0.15) is 0 Å². The van der Waals surface area contributed by atoms with Crippen LogP contribution in [0.4, 0.5) is 17.1 Å². The molecule has 0 saturated carbocycles. The van der Waals surface area contributed by atoms with Crippen LogP contribution >= 0.6 is 0 Å². The van der Waals surface area contributed by atoms with Gasteiger partial charge in [-0.2, -0.15) is 0 Å². The maximum atomic E-state index is 2.37. The van der Waals surface area contributed by atoms with Crippen LogP contribution in [0.25, 0.3) is 82.4 Å². The predicted octanol–water partition coefficient (Wildman–Crippen LogP) is 15.6. The summed E-state index contributed by atoms with van der Waals surface area (Å²) < 4.78 is 2.37. The van der Waals surface area contributed by atoms with Crippen LogP contribution in [0, 0.1) is 0 Å². The molecule has 2 heteroatoms. The second-order valence-electron chi connectivity index (χ2n) is 14.9. The molecule has 2 nitrogen and oxygen atoms in total. The number of aromatic nitrogens is 1. The van der Waals surface area contributed by atoms with E-state index in [2.05, 4.69) is 240 Å². The second-order valence-corrected chi connectivity index (χ2v) is 14.9. The zero-order chi connectivity index (χ0) is 38.4. The Hall–Kier alpha value is -7.68. The SMILES string of the molecule is c1cc(-c2cccc3ccccc23)cc(N(c2ccc(-c3ccc(-n4c5ccccc5c5ccccc54)cc3)cc2)c2ccc(-c3cccc4ccccc34)cc2)c1. The quantitative estimate of drug-likeness (QED) is 0.158. The smallest absolute Gasteiger partial charge is 0.0541 e. The van der Waals surface area contributed by atoms with Gasteiger partial charge in [-0.15, -0.1) is 0 Å². The van der Waals surface area contributed by atoms with Crippen molar-refractivity contribution in [2.45, 2.75) is 0 Å². The predicted molar refractivity (Wildman–Crippen MR) is 247 cm³/mol. The first kappa shape index (κ1) is 33.6. The van der Waals surface area contributed by atoms with Crippen molar-refractivity contribution in [3.05, 3.63) is 231 Å². The van der Waals surface area contributed by atoms with E-state index in [9.17, 15) is 0 Å². The first-order valence-electron chi connectivity index (χ1n) is 19.9. The fourth-order valence-electron chi connectivity index (χ4n) is 8.81. The Morgan fingerprint density at radius 1 is 0.276 bits per heavy atom. The molecule has 58 heavy (non-hydrogen) atoms. The van der Waals surface area contributed by atoms with E-state index in [4.69, 9.17) is 0 Å². The number of rotatable bonds is 7. The maximum Gasteiger partial charge on any atom is 0.0541 e. The van der Waals surface area contributed by atoms with Crippen molar-refractivity contribution in [1.29, 1.82) is 0 Å². The molecule has 0 radical (unpaired) electrons. The van der Waals surface area contributed by atoms with E-state index >= 15 is 0 Å². The first-order chi connectivity index (χ1) is 28.8. The third-order valence-electron chi connectivity index (χ3n) is 11.6. The highest BCUT2D eigenvalue weighted by atomic mass is 15.1. The van der Waals surface area contributed by atoms with Crippen LogP contribution in [-0.4, -0.2) is 4.57 Å². The van der Waals surface area contributed by atoms with Gasteiger partial charge in [0.15, 0.2) is 0 Å². The monoisotopic (exact) mass is 738 g/mol. The number of hydrogen-bond acceptors (Lipinski definition) is 1. The van der Waals surface area contributed by atoms with Crippen molar-refractivity contribution in [2.24, 2.45) is 0 Å². The molecule has 272 valence electrons. The third kappa shape index (κ3) is 5.82. The van der Waals surface area contributed by atoms with Gasteiger partial charge in [-0.1, -0.05) is 170 Å². The molecule has 0 unspecified atom stereocenters. The zero-order valence-corrected chi connectivity index (χ0v) is 31.8. The average molecular weight is 739 g/mol. The summed E-state index contributed by atoms with van der Waals surface area (Å²) in [6.45, 7) is 0. The van der Waals surface area contributed by atoms with E-state index in [0.29, 0.717) is 0 Å². The minimum Gasteiger partial charge on any atom is -0.310 e. The molecule has 0 atom stereocenters. The lowest BCUT2D eigenvalue weighted by Gasteiger charge is -2.26. The van der Waals surface area contributed by atoms with Gasteiger partial charge in [-0.05, 0) is 116 Å². The van der Waals surface area contributed by atoms with Crippen LogP contribution in [0.3, 0.4) is 0 Å². The Kier molecular flexibility index (Phi) is 8.19. The van der Waals surface area contributed by atoms with E-state index < -0.39 is 0 Å². The van der Waals surface area contributed by atoms with E-state index in [1.54, 1.807) is 0 Å². The van der Waals surface area contributed by atoms with Crippen molar-refractivity contribution in [1.82, 2.24) is 4.57 Å². The molecule has 0 saturated heterocycles. The minimum atomic E-state index is 1.10. The normalized spacial score (nSPS) is 11.4. The van der Waals surface area contributed by atoms with Gasteiger partial charge in [0.05, 0.1) is 11.0 Å². The standard InChI is InChI=1S/C56H38N2/c1-3-18-49-41(12-1)14-10-22-51(49)43-30-36-46(37-31-43)57(48-17-9-16-44(38-48)52-23-11-15-42-13-2-4-19-50(42)52)45-32-26-39(27-33-45)40-28-34-47(35-29-40)58-55-24-7-5-20-53(55)54-21-6-8-25-56(54)58/h1-38H. The zero-order valence-electron chi connectivity index (χ0n) is 31.8. The third-order valence-corrected chi connectivity index (χ3v) is 11.6. The van der Waals surface area contributed by atoms with Gasteiger partial charge < -0.3 is 9.47 Å². The van der Waals surface area contributed by atoms with E-state index in [1.165, 1.54) is 76.7 Å². The summed E-state index contributed by atoms with van der Waals surface area (Å²) >= 11 is 0. The summed E-state index contributed by atoms with van der Waals surface area (Å²) in [4.78, 5) is 2.37. The molecular formula is C56H38N2. The van der Waals surface area contributed by atoms with E-state index in [0.717, 1.165) is 22.7 Å². The fraction of sp³-hybridized carbons (Fsp3) is 0. The Morgan fingerprint density at radius 3 is 1.28 bits per heavy atom. The second kappa shape index (κ2) is 14.1. The number of hydrogen-bond donors (Lipinski definition) is 0. The maximum absolute atomic E-state index is 2.37. The Balaban J connectivity index is 0.977. The van der Waals surface area contributed by atoms with Crippen LogP contribution in [0.1, 0.15) is 0 Å². The molecule has 0 N–H and O–H groups in total. The Labute approximate surface area is 338 Å². The van der Waals surface area contributed by atoms with Crippen LogP contribution in [0.15, 0.2) is 231 Å². The molecule has 1 heterocycles. The molecule has 0 spiro atoms. The van der Waals surface area contributed by atoms with Gasteiger partial charge >= 0.3 is 0 Å². The van der Waals surface area contributed by atoms with Crippen LogP contribution in [0.2, 0.25) is 0 Å². The lowest BCUT2D eigenvalue weighted by Crippen LogP contribution is -2.10. The molecule has 11 aromatic rings. The highest BCUT2D eigenvalue weighted by molar-refractivity contribution is 6.09. The van der Waals surface area contributed by atoms with Crippen molar-refractivity contribution in [3.63, 3.8) is 0 Å². The van der Waals surface area contributed by atoms with Crippen molar-refractivity contribution >= 4 is 60.4 Å². The van der Waals surface area contributed by atoms with Crippen LogP contribution in [0.5, 0.6) is 0 Å². The lowest BCUT2D eigenvalue weighted by atomic mass is 9.97. The highest BCUT2D eigenvalue weighted by Crippen LogP contribution is 2.40. The lowest BCUT2D eigenvalue weighted by molar-refractivity contribution is 1.18. The van der Waals surface area contributed by atoms with E-state index in [-0.39, 0.29) is 0 Å². The average Bonchev–Trinajstić information content (AvgIpc) is 3.64. The summed E-state index contributed by atoms with van der Waals surface area (Å²) in [6, 6.07) is 83.6. The number of anilines is 3. The highest BCUT2D eigenvalue weighted by Gasteiger charge is 2.16. The molecule has 0 bridgehead atoms. The van der Waals surface area contributed by atoms with Crippen LogP contribution in [-0.2, 0) is 0 Å². The molecule has 0 fully saturated rings. The Bertz CT molecular complexity index is 3200. The van der Waals surface area contributed by atoms with Crippen molar-refractivity contribution in [2.75, 3.05) is 4.90 Å². The number of fused-ring (bicyclic) bond motifs is 5. The number of para-hydroxylation sites is 2. The van der Waals surface area contributed by atoms with Crippen LogP contribution < -0.4 is 4.90 Å². The summed E-state index contributed by atoms with van der Waals surface area (Å²) in [6.07, 6.45) is 0. The minimum absolute atomic E-state index is 1.10. The molecular weight excluding hydrogens is 701 g/mol. The van der Waals surface area contributed by atoms with Gasteiger partial charge in [0.2, 0.25) is 0 Å². The topological polar surface area (TPSA) is 8.17 Å². The number of benzene rings is 10. The number of nitrogens with zero attached hydrogens (tertiary/aromatic N) is 2. The Morgan fingerprint density at radius 2 is 0.707 bits per heavy atom. The van der Waals surface area contributed by atoms with Crippen molar-refractivity contribution in [3.8, 4) is 39.1 Å². The van der Waals surface area contributed by atoms with Gasteiger partial charge in [-0.3, -0.25) is 0 Å². The van der Waals surface area contributed by atoms with Gasteiger partial charge in [0, 0.05) is 33.5 Å². The molecule has 0 aliphatic carbocycles.